The molecule has 0 aromatic heterocycles. The van der Waals surface area contributed by atoms with Crippen LogP contribution >= 0.6 is 0 Å². The summed E-state index contributed by atoms with van der Waals surface area (Å²) >= 11 is 0. The Morgan fingerprint density at radius 2 is 2.06 bits per heavy atom. The third kappa shape index (κ3) is 2.89. The van der Waals surface area contributed by atoms with Gasteiger partial charge in [-0.25, -0.2) is 0 Å². The van der Waals surface area contributed by atoms with Gasteiger partial charge >= 0.3 is 0 Å². The summed E-state index contributed by atoms with van der Waals surface area (Å²) < 4.78 is 5.96. The average Bonchev–Trinajstić information content (AvgIpc) is 2.35. The van der Waals surface area contributed by atoms with Crippen LogP contribution in [-0.4, -0.2) is 36.0 Å². The topological polar surface area (TPSA) is 41.5 Å². The Kier molecular flexibility index (Phi) is 3.92. The molecule has 0 amide bonds. The molecule has 104 valence electrons. The van der Waals surface area contributed by atoms with E-state index in [1.165, 1.54) is 38.5 Å². The molecule has 3 atom stereocenters. The number of rotatable bonds is 3. The number of aliphatic hydroxyl groups excluding tert-OH is 1. The lowest BCUT2D eigenvalue weighted by Crippen LogP contribution is -2.51. The zero-order valence-electron chi connectivity index (χ0n) is 11.4. The molecule has 3 nitrogen and oxygen atoms in total. The molecule has 18 heavy (non-hydrogen) atoms. The number of ether oxygens (including phenoxy) is 1. The maximum Gasteiger partial charge on any atom is 0.0697 e. The predicted molar refractivity (Wildman–Crippen MR) is 71.5 cm³/mol. The molecule has 0 bridgehead atoms. The van der Waals surface area contributed by atoms with Crippen LogP contribution in [0.4, 0.5) is 0 Å². The van der Waals surface area contributed by atoms with Crippen LogP contribution in [0, 0.1) is 5.92 Å². The second-order valence-corrected chi connectivity index (χ2v) is 6.67. The molecule has 0 aromatic carbocycles. The van der Waals surface area contributed by atoms with Gasteiger partial charge in [0.15, 0.2) is 0 Å². The Balaban J connectivity index is 1.42. The van der Waals surface area contributed by atoms with E-state index in [4.69, 9.17) is 4.74 Å². The lowest BCUT2D eigenvalue weighted by Gasteiger charge is -2.47. The number of aliphatic hydroxyl groups is 1. The van der Waals surface area contributed by atoms with E-state index in [-0.39, 0.29) is 11.7 Å². The summed E-state index contributed by atoms with van der Waals surface area (Å²) in [6.07, 6.45) is 10.7. The van der Waals surface area contributed by atoms with Crippen LogP contribution < -0.4 is 5.32 Å². The van der Waals surface area contributed by atoms with Crippen LogP contribution in [0.25, 0.3) is 0 Å². The van der Waals surface area contributed by atoms with Gasteiger partial charge in [0.1, 0.15) is 0 Å². The normalized spacial score (nSPS) is 39.5. The van der Waals surface area contributed by atoms with Crippen molar-refractivity contribution in [1.29, 1.82) is 0 Å². The van der Waals surface area contributed by atoms with Gasteiger partial charge < -0.3 is 15.2 Å². The van der Waals surface area contributed by atoms with Crippen molar-refractivity contribution in [2.24, 2.45) is 5.92 Å². The molecule has 2 N–H and O–H groups in total. The largest absolute Gasteiger partial charge is 0.393 e. The van der Waals surface area contributed by atoms with Crippen molar-refractivity contribution in [2.75, 3.05) is 13.2 Å². The van der Waals surface area contributed by atoms with Crippen LogP contribution in [0.1, 0.15) is 57.8 Å². The zero-order valence-corrected chi connectivity index (χ0v) is 11.4. The highest BCUT2D eigenvalue weighted by atomic mass is 16.5. The molecule has 1 saturated heterocycles. The average molecular weight is 253 g/mol. The molecule has 0 radical (unpaired) electrons. The Morgan fingerprint density at radius 3 is 2.78 bits per heavy atom. The zero-order chi connectivity index (χ0) is 12.4. The van der Waals surface area contributed by atoms with Crippen LogP contribution in [0.15, 0.2) is 0 Å². The van der Waals surface area contributed by atoms with E-state index in [2.05, 4.69) is 5.32 Å². The monoisotopic (exact) mass is 253 g/mol. The molecule has 3 aliphatic rings. The van der Waals surface area contributed by atoms with Gasteiger partial charge in [-0.05, 0) is 63.8 Å². The molecule has 0 aromatic rings. The molecule has 1 heterocycles. The molecule has 2 saturated carbocycles. The second-order valence-electron chi connectivity index (χ2n) is 6.67. The summed E-state index contributed by atoms with van der Waals surface area (Å²) in [7, 11) is 0. The van der Waals surface area contributed by atoms with E-state index in [0.29, 0.717) is 12.0 Å². The highest BCUT2D eigenvalue weighted by Gasteiger charge is 2.42. The maximum absolute atomic E-state index is 9.70. The quantitative estimate of drug-likeness (QED) is 0.810. The molecule has 3 fully saturated rings. The smallest absolute Gasteiger partial charge is 0.0697 e. The van der Waals surface area contributed by atoms with E-state index < -0.39 is 0 Å². The van der Waals surface area contributed by atoms with Crippen molar-refractivity contribution in [3.8, 4) is 0 Å². The first-order valence-electron chi connectivity index (χ1n) is 7.81. The summed E-state index contributed by atoms with van der Waals surface area (Å²) in [6.45, 7) is 2.03. The molecule has 3 unspecified atom stereocenters. The molecule has 3 heteroatoms. The lowest BCUT2D eigenvalue weighted by atomic mass is 9.74. The van der Waals surface area contributed by atoms with E-state index in [1.54, 1.807) is 0 Å². The third-order valence-electron chi connectivity index (χ3n) is 5.21. The van der Waals surface area contributed by atoms with Gasteiger partial charge in [0.25, 0.3) is 0 Å². The first-order chi connectivity index (χ1) is 8.76. The van der Waals surface area contributed by atoms with Gasteiger partial charge in [0, 0.05) is 12.6 Å². The van der Waals surface area contributed by atoms with Gasteiger partial charge in [-0.1, -0.05) is 6.42 Å². The molecule has 1 spiro atoms. The van der Waals surface area contributed by atoms with Gasteiger partial charge in [-0.2, -0.15) is 0 Å². The minimum absolute atomic E-state index is 0.0433. The Morgan fingerprint density at radius 1 is 1.17 bits per heavy atom. The van der Waals surface area contributed by atoms with Gasteiger partial charge in [0.05, 0.1) is 11.7 Å². The van der Waals surface area contributed by atoms with Crippen LogP contribution in [0.2, 0.25) is 0 Å². The summed E-state index contributed by atoms with van der Waals surface area (Å²) in [5.41, 5.74) is 0.252. The van der Waals surface area contributed by atoms with Gasteiger partial charge in [-0.15, -0.1) is 0 Å². The van der Waals surface area contributed by atoms with Crippen molar-refractivity contribution < 1.29 is 9.84 Å². The minimum atomic E-state index is -0.0433. The maximum atomic E-state index is 9.70. The highest BCUT2D eigenvalue weighted by Crippen LogP contribution is 2.42. The Bertz CT molecular complexity index is 278. The van der Waals surface area contributed by atoms with E-state index in [0.717, 1.165) is 32.4 Å². The van der Waals surface area contributed by atoms with E-state index in [1.807, 2.05) is 0 Å². The van der Waals surface area contributed by atoms with Gasteiger partial charge in [0.2, 0.25) is 0 Å². The van der Waals surface area contributed by atoms with Crippen molar-refractivity contribution in [3.63, 3.8) is 0 Å². The van der Waals surface area contributed by atoms with Gasteiger partial charge in [-0.3, -0.25) is 0 Å². The van der Waals surface area contributed by atoms with Crippen LogP contribution in [0.3, 0.4) is 0 Å². The second kappa shape index (κ2) is 5.48. The van der Waals surface area contributed by atoms with E-state index >= 15 is 0 Å². The summed E-state index contributed by atoms with van der Waals surface area (Å²) in [6, 6.07) is 0.651. The fourth-order valence-corrected chi connectivity index (χ4v) is 3.90. The summed E-state index contributed by atoms with van der Waals surface area (Å²) in [5.74, 6) is 0.689. The minimum Gasteiger partial charge on any atom is -0.393 e. The fourth-order valence-electron chi connectivity index (χ4n) is 3.90. The molecule has 3 rings (SSSR count). The highest BCUT2D eigenvalue weighted by molar-refractivity contribution is 4.96. The van der Waals surface area contributed by atoms with Crippen molar-refractivity contribution in [2.45, 2.75) is 75.5 Å². The third-order valence-corrected chi connectivity index (χ3v) is 5.21. The summed E-state index contributed by atoms with van der Waals surface area (Å²) in [4.78, 5) is 0. The molecule has 2 aliphatic carbocycles. The molecular formula is C15H27NO2. The lowest BCUT2D eigenvalue weighted by molar-refractivity contribution is -0.135. The van der Waals surface area contributed by atoms with Crippen LogP contribution in [0.5, 0.6) is 0 Å². The first-order valence-corrected chi connectivity index (χ1v) is 7.81. The SMILES string of the molecule is OC1CCCC(CNC2CCOC3(CCC3)C2)C1. The molecule has 1 aliphatic heterocycles. The Hall–Kier alpha value is -0.120. The van der Waals surface area contributed by atoms with Crippen molar-refractivity contribution >= 4 is 0 Å². The van der Waals surface area contributed by atoms with Crippen LogP contribution in [-0.2, 0) is 4.74 Å². The molecular weight excluding hydrogens is 226 g/mol. The first kappa shape index (κ1) is 12.9. The predicted octanol–water partition coefficient (Wildman–Crippen LogP) is 2.23. The fraction of sp³-hybridized carbons (Fsp3) is 1.00. The summed E-state index contributed by atoms with van der Waals surface area (Å²) in [5, 5.41) is 13.4. The van der Waals surface area contributed by atoms with E-state index in [9.17, 15) is 5.11 Å². The van der Waals surface area contributed by atoms with Crippen molar-refractivity contribution in [1.82, 2.24) is 5.32 Å². The number of nitrogens with one attached hydrogen (secondary N) is 1. The number of hydrogen-bond donors (Lipinski definition) is 2. The van der Waals surface area contributed by atoms with Crippen molar-refractivity contribution in [3.05, 3.63) is 0 Å². The Labute approximate surface area is 110 Å². The standard InChI is InChI=1S/C15H27NO2/c17-14-4-1-3-12(9-14)11-16-13-5-8-18-15(10-13)6-2-7-15/h12-14,16-17H,1-11H2. The number of hydrogen-bond acceptors (Lipinski definition) is 3.